The van der Waals surface area contributed by atoms with Crippen LogP contribution >= 0.6 is 0 Å². The fourth-order valence-corrected chi connectivity index (χ4v) is 2.36. The molecule has 2 aromatic carbocycles. The number of benzene rings is 2. The molecule has 1 saturated heterocycles. The van der Waals surface area contributed by atoms with E-state index >= 15 is 0 Å². The van der Waals surface area contributed by atoms with Gasteiger partial charge in [-0.15, -0.1) is 0 Å². The number of non-ortho nitro benzene ring substituents is 1. The van der Waals surface area contributed by atoms with Crippen LogP contribution in [0, 0.1) is 15.9 Å². The van der Waals surface area contributed by atoms with E-state index < -0.39 is 22.7 Å². The van der Waals surface area contributed by atoms with E-state index in [9.17, 15) is 24.1 Å². The molecule has 25 heavy (non-hydrogen) atoms. The van der Waals surface area contributed by atoms with Crippen LogP contribution in [0.15, 0.2) is 42.5 Å². The molecule has 0 spiro atoms. The number of nitrogens with one attached hydrogen (secondary N) is 1. The van der Waals surface area contributed by atoms with Gasteiger partial charge in [-0.3, -0.25) is 19.8 Å². The topological polar surface area (TPSA) is 102 Å². The molecule has 1 N–H and O–H groups in total. The van der Waals surface area contributed by atoms with Crippen molar-refractivity contribution < 1.29 is 23.6 Å². The van der Waals surface area contributed by atoms with Gasteiger partial charge in [-0.25, -0.2) is 9.18 Å². The van der Waals surface area contributed by atoms with Crippen molar-refractivity contribution in [2.45, 2.75) is 0 Å². The number of nitrogens with zero attached hydrogens (tertiary/aromatic N) is 2. The lowest BCUT2D eigenvalue weighted by Crippen LogP contribution is -2.23. The van der Waals surface area contributed by atoms with Gasteiger partial charge in [-0.1, -0.05) is 6.07 Å². The number of amides is 2. The Labute approximate surface area is 141 Å². The van der Waals surface area contributed by atoms with E-state index in [1.165, 1.54) is 17.0 Å². The Hall–Kier alpha value is -3.49. The van der Waals surface area contributed by atoms with Gasteiger partial charge >= 0.3 is 6.09 Å². The van der Waals surface area contributed by atoms with Crippen molar-refractivity contribution in [3.05, 3.63) is 64.0 Å². The number of carbonyl (C=O) groups is 2. The van der Waals surface area contributed by atoms with Crippen LogP contribution in [0.3, 0.4) is 0 Å². The summed E-state index contributed by atoms with van der Waals surface area (Å²) in [5.74, 6) is -1.45. The van der Waals surface area contributed by atoms with Crippen LogP contribution in [-0.4, -0.2) is 30.1 Å². The van der Waals surface area contributed by atoms with Gasteiger partial charge in [-0.2, -0.15) is 0 Å². The molecule has 0 aliphatic carbocycles. The van der Waals surface area contributed by atoms with Crippen molar-refractivity contribution in [3.8, 4) is 0 Å². The highest BCUT2D eigenvalue weighted by molar-refractivity contribution is 6.05. The summed E-state index contributed by atoms with van der Waals surface area (Å²) in [5, 5.41) is 13.1. The maximum absolute atomic E-state index is 13.8. The number of nitro groups is 1. The summed E-state index contributed by atoms with van der Waals surface area (Å²) in [5.41, 5.74) is -0.00628. The van der Waals surface area contributed by atoms with Gasteiger partial charge in [0, 0.05) is 23.4 Å². The molecule has 0 radical (unpaired) electrons. The lowest BCUT2D eigenvalue weighted by atomic mass is 10.1. The first-order valence-electron chi connectivity index (χ1n) is 7.25. The second-order valence-corrected chi connectivity index (χ2v) is 5.19. The lowest BCUT2D eigenvalue weighted by Gasteiger charge is -2.14. The molecule has 0 unspecified atom stereocenters. The monoisotopic (exact) mass is 345 g/mol. The average molecular weight is 345 g/mol. The maximum atomic E-state index is 13.8. The average Bonchev–Trinajstić information content (AvgIpc) is 3.02. The summed E-state index contributed by atoms with van der Waals surface area (Å²) in [4.78, 5) is 35.3. The molecule has 0 saturated carbocycles. The summed E-state index contributed by atoms with van der Waals surface area (Å²) in [7, 11) is 0. The molecule has 128 valence electrons. The molecule has 1 fully saturated rings. The number of carbonyl (C=O) groups excluding carboxylic acids is 2. The number of hydrogen-bond donors (Lipinski definition) is 1. The second kappa shape index (κ2) is 6.56. The van der Waals surface area contributed by atoms with Gasteiger partial charge in [0.1, 0.15) is 12.4 Å². The predicted octanol–water partition coefficient (Wildman–Crippen LogP) is 2.94. The van der Waals surface area contributed by atoms with Crippen molar-refractivity contribution in [2.75, 3.05) is 23.4 Å². The molecule has 2 aromatic rings. The molecule has 0 aromatic heterocycles. The van der Waals surface area contributed by atoms with Gasteiger partial charge < -0.3 is 10.1 Å². The van der Waals surface area contributed by atoms with Gasteiger partial charge in [0.05, 0.1) is 17.2 Å². The van der Waals surface area contributed by atoms with Crippen molar-refractivity contribution in [1.82, 2.24) is 0 Å². The Balaban J connectivity index is 1.83. The number of hydrogen-bond acceptors (Lipinski definition) is 5. The Morgan fingerprint density at radius 2 is 2.08 bits per heavy atom. The van der Waals surface area contributed by atoms with E-state index in [0.717, 1.165) is 18.2 Å². The second-order valence-electron chi connectivity index (χ2n) is 5.19. The highest BCUT2D eigenvalue weighted by Gasteiger charge is 2.24. The van der Waals surface area contributed by atoms with Gasteiger partial charge in [0.2, 0.25) is 0 Å². The van der Waals surface area contributed by atoms with Crippen LogP contribution in [0.2, 0.25) is 0 Å². The minimum atomic E-state index is -0.793. The standard InChI is InChI=1S/C16H12FN3O5/c17-13-5-4-12(20(23)24)9-14(13)18-15(21)10-2-1-3-11(8-10)19-6-7-25-16(19)22/h1-5,8-9H,6-7H2,(H,18,21). The highest BCUT2D eigenvalue weighted by atomic mass is 19.1. The van der Waals surface area contributed by atoms with Crippen molar-refractivity contribution in [3.63, 3.8) is 0 Å². The maximum Gasteiger partial charge on any atom is 0.414 e. The van der Waals surface area contributed by atoms with E-state index in [1.54, 1.807) is 12.1 Å². The van der Waals surface area contributed by atoms with E-state index in [-0.39, 0.29) is 23.5 Å². The van der Waals surface area contributed by atoms with Crippen LogP contribution in [0.25, 0.3) is 0 Å². The minimum absolute atomic E-state index is 0.170. The molecule has 1 heterocycles. The van der Waals surface area contributed by atoms with Gasteiger partial charge in [0.15, 0.2) is 0 Å². The van der Waals surface area contributed by atoms with E-state index in [1.807, 2.05) is 0 Å². The first kappa shape index (κ1) is 16.4. The molecular weight excluding hydrogens is 333 g/mol. The third kappa shape index (κ3) is 3.39. The number of nitro benzene ring substituents is 1. The molecule has 0 bridgehead atoms. The SMILES string of the molecule is O=C(Nc1cc([N+](=O)[O-])ccc1F)c1cccc(N2CCOC2=O)c1. The van der Waals surface area contributed by atoms with E-state index in [4.69, 9.17) is 4.74 Å². The fraction of sp³-hybridized carbons (Fsp3) is 0.125. The molecule has 0 atom stereocenters. The van der Waals surface area contributed by atoms with Gasteiger partial charge in [-0.05, 0) is 24.3 Å². The molecule has 2 amide bonds. The molecule has 1 aliphatic heterocycles. The van der Waals surface area contributed by atoms with E-state index in [2.05, 4.69) is 5.32 Å². The number of anilines is 2. The normalized spacial score (nSPS) is 13.5. The number of ether oxygens (including phenoxy) is 1. The summed E-state index contributed by atoms with van der Waals surface area (Å²) in [6.45, 7) is 0.623. The molecule has 8 nitrogen and oxygen atoms in total. The Morgan fingerprint density at radius 1 is 1.28 bits per heavy atom. The van der Waals surface area contributed by atoms with Gasteiger partial charge in [0.25, 0.3) is 11.6 Å². The molecule has 1 aliphatic rings. The first-order valence-corrected chi connectivity index (χ1v) is 7.25. The first-order chi connectivity index (χ1) is 12.0. The molecular formula is C16H12FN3O5. The Morgan fingerprint density at radius 3 is 2.76 bits per heavy atom. The molecule has 3 rings (SSSR count). The zero-order valence-electron chi connectivity index (χ0n) is 12.8. The Kier molecular flexibility index (Phi) is 4.29. The summed E-state index contributed by atoms with van der Waals surface area (Å²) in [6.07, 6.45) is -0.512. The zero-order chi connectivity index (χ0) is 18.0. The lowest BCUT2D eigenvalue weighted by molar-refractivity contribution is -0.384. The third-order valence-electron chi connectivity index (χ3n) is 3.59. The summed E-state index contributed by atoms with van der Waals surface area (Å²) in [6, 6.07) is 8.99. The van der Waals surface area contributed by atoms with Crippen LogP contribution in [0.1, 0.15) is 10.4 Å². The summed E-state index contributed by atoms with van der Waals surface area (Å²) >= 11 is 0. The predicted molar refractivity (Wildman–Crippen MR) is 86.1 cm³/mol. The highest BCUT2D eigenvalue weighted by Crippen LogP contribution is 2.23. The minimum Gasteiger partial charge on any atom is -0.447 e. The van der Waals surface area contributed by atoms with Crippen molar-refractivity contribution >= 4 is 29.1 Å². The van der Waals surface area contributed by atoms with Crippen LogP contribution in [0.4, 0.5) is 26.2 Å². The third-order valence-corrected chi connectivity index (χ3v) is 3.59. The van der Waals surface area contributed by atoms with Crippen molar-refractivity contribution in [2.24, 2.45) is 0 Å². The van der Waals surface area contributed by atoms with Crippen LogP contribution in [-0.2, 0) is 4.74 Å². The zero-order valence-corrected chi connectivity index (χ0v) is 12.8. The number of cyclic esters (lactones) is 1. The van der Waals surface area contributed by atoms with Crippen LogP contribution < -0.4 is 10.2 Å². The fourth-order valence-electron chi connectivity index (χ4n) is 2.36. The quantitative estimate of drug-likeness (QED) is 0.678. The number of halogens is 1. The van der Waals surface area contributed by atoms with E-state index in [0.29, 0.717) is 12.2 Å². The van der Waals surface area contributed by atoms with Crippen molar-refractivity contribution in [1.29, 1.82) is 0 Å². The smallest absolute Gasteiger partial charge is 0.414 e. The Bertz CT molecular complexity index is 871. The summed E-state index contributed by atoms with van der Waals surface area (Å²) < 4.78 is 18.6. The molecule has 9 heteroatoms. The number of rotatable bonds is 4. The largest absolute Gasteiger partial charge is 0.447 e. The van der Waals surface area contributed by atoms with Crippen LogP contribution in [0.5, 0.6) is 0 Å².